The Balaban J connectivity index is 2.30. The van der Waals surface area contributed by atoms with Crippen molar-refractivity contribution in [3.8, 4) is 0 Å². The van der Waals surface area contributed by atoms with Gasteiger partial charge in [-0.15, -0.1) is 0 Å². The van der Waals surface area contributed by atoms with Crippen LogP contribution in [0.15, 0.2) is 23.2 Å². The van der Waals surface area contributed by atoms with Crippen LogP contribution in [-0.4, -0.2) is 30.8 Å². The lowest BCUT2D eigenvalue weighted by molar-refractivity contribution is 0.285. The Labute approximate surface area is 114 Å². The van der Waals surface area contributed by atoms with Gasteiger partial charge in [0.05, 0.1) is 5.69 Å². The Morgan fingerprint density at radius 3 is 2.68 bits per heavy atom. The van der Waals surface area contributed by atoms with Gasteiger partial charge in [0.25, 0.3) is 0 Å². The van der Waals surface area contributed by atoms with Gasteiger partial charge in [0.1, 0.15) is 4.90 Å². The average molecular weight is 283 g/mol. The van der Waals surface area contributed by atoms with Crippen molar-refractivity contribution in [3.63, 3.8) is 0 Å². The molecular weight excluding hydrogens is 262 g/mol. The van der Waals surface area contributed by atoms with Gasteiger partial charge in [-0.05, 0) is 25.0 Å². The summed E-state index contributed by atoms with van der Waals surface area (Å²) in [6, 6.07) is 3.33. The standard InChI is InChI=1S/C13H21N3O2S/c1-16(11-6-3-2-4-7-11)19(17,18)13-8-5-9-15-12(13)10-14/h5,8-9,11H,2-4,6-7,10,14H2,1H3. The van der Waals surface area contributed by atoms with Gasteiger partial charge in [-0.1, -0.05) is 19.3 Å². The van der Waals surface area contributed by atoms with Crippen molar-refractivity contribution in [2.45, 2.75) is 49.6 Å². The largest absolute Gasteiger partial charge is 0.325 e. The smallest absolute Gasteiger partial charge is 0.244 e. The van der Waals surface area contributed by atoms with E-state index in [0.717, 1.165) is 25.7 Å². The maximum atomic E-state index is 12.6. The number of aromatic nitrogens is 1. The van der Waals surface area contributed by atoms with E-state index < -0.39 is 10.0 Å². The number of pyridine rings is 1. The Morgan fingerprint density at radius 2 is 2.05 bits per heavy atom. The molecule has 1 aromatic rings. The van der Waals surface area contributed by atoms with E-state index in [1.807, 2.05) is 0 Å². The van der Waals surface area contributed by atoms with E-state index in [1.165, 1.54) is 10.7 Å². The summed E-state index contributed by atoms with van der Waals surface area (Å²) in [6.07, 6.45) is 6.84. The number of nitrogens with zero attached hydrogens (tertiary/aromatic N) is 2. The van der Waals surface area contributed by atoms with Crippen LogP contribution in [-0.2, 0) is 16.6 Å². The number of nitrogens with two attached hydrogens (primary N) is 1. The molecule has 5 nitrogen and oxygen atoms in total. The lowest BCUT2D eigenvalue weighted by atomic mass is 9.96. The third-order valence-electron chi connectivity index (χ3n) is 3.79. The normalized spacial score (nSPS) is 17.8. The van der Waals surface area contributed by atoms with Gasteiger partial charge in [0, 0.05) is 25.8 Å². The summed E-state index contributed by atoms with van der Waals surface area (Å²) < 4.78 is 26.8. The predicted molar refractivity (Wildman–Crippen MR) is 74.0 cm³/mol. The maximum absolute atomic E-state index is 12.6. The van der Waals surface area contributed by atoms with Crippen molar-refractivity contribution in [2.24, 2.45) is 5.73 Å². The van der Waals surface area contributed by atoms with Gasteiger partial charge in [-0.2, -0.15) is 4.31 Å². The molecule has 1 fully saturated rings. The quantitative estimate of drug-likeness (QED) is 0.908. The third kappa shape index (κ3) is 2.96. The second-order valence-electron chi connectivity index (χ2n) is 4.97. The molecule has 0 aliphatic heterocycles. The molecule has 0 unspecified atom stereocenters. The van der Waals surface area contributed by atoms with Gasteiger partial charge in [0.15, 0.2) is 0 Å². The van der Waals surface area contributed by atoms with Crippen molar-refractivity contribution < 1.29 is 8.42 Å². The maximum Gasteiger partial charge on any atom is 0.244 e. The molecule has 0 saturated heterocycles. The van der Waals surface area contributed by atoms with E-state index in [-0.39, 0.29) is 17.5 Å². The highest BCUT2D eigenvalue weighted by Gasteiger charge is 2.30. The molecule has 106 valence electrons. The molecule has 0 spiro atoms. The first-order valence-corrected chi connectivity index (χ1v) is 8.13. The summed E-state index contributed by atoms with van der Waals surface area (Å²) in [6.45, 7) is 0.133. The summed E-state index contributed by atoms with van der Waals surface area (Å²) >= 11 is 0. The molecule has 19 heavy (non-hydrogen) atoms. The van der Waals surface area contributed by atoms with Crippen LogP contribution in [0.5, 0.6) is 0 Å². The molecule has 2 rings (SSSR count). The fourth-order valence-electron chi connectivity index (χ4n) is 2.61. The minimum Gasteiger partial charge on any atom is -0.325 e. The molecule has 0 aromatic carbocycles. The Kier molecular flexibility index (Phi) is 4.54. The molecule has 0 atom stereocenters. The van der Waals surface area contributed by atoms with Gasteiger partial charge >= 0.3 is 0 Å². The Hall–Kier alpha value is -0.980. The van der Waals surface area contributed by atoms with Gasteiger partial charge in [-0.3, -0.25) is 4.98 Å². The van der Waals surface area contributed by atoms with Crippen LogP contribution in [0, 0.1) is 0 Å². The average Bonchev–Trinajstić information content (AvgIpc) is 2.47. The molecule has 1 saturated carbocycles. The lowest BCUT2D eigenvalue weighted by Gasteiger charge is -2.30. The molecule has 0 radical (unpaired) electrons. The van der Waals surface area contributed by atoms with Crippen LogP contribution in [0.3, 0.4) is 0 Å². The van der Waals surface area contributed by atoms with Crippen LogP contribution >= 0.6 is 0 Å². The molecule has 6 heteroatoms. The molecule has 1 aromatic heterocycles. The van der Waals surface area contributed by atoms with E-state index in [9.17, 15) is 8.42 Å². The number of hydrogen-bond donors (Lipinski definition) is 1. The van der Waals surface area contributed by atoms with E-state index >= 15 is 0 Å². The number of rotatable bonds is 4. The van der Waals surface area contributed by atoms with Crippen LogP contribution in [0.25, 0.3) is 0 Å². The van der Waals surface area contributed by atoms with Crippen molar-refractivity contribution in [1.29, 1.82) is 0 Å². The van der Waals surface area contributed by atoms with Crippen LogP contribution in [0.4, 0.5) is 0 Å². The molecule has 0 bridgehead atoms. The van der Waals surface area contributed by atoms with Crippen LogP contribution < -0.4 is 5.73 Å². The van der Waals surface area contributed by atoms with Gasteiger partial charge < -0.3 is 5.73 Å². The first kappa shape index (κ1) is 14.4. The molecule has 1 heterocycles. The minimum absolute atomic E-state index is 0.101. The first-order chi connectivity index (χ1) is 9.07. The van der Waals surface area contributed by atoms with Crippen molar-refractivity contribution in [3.05, 3.63) is 24.0 Å². The topological polar surface area (TPSA) is 76.3 Å². The zero-order valence-electron chi connectivity index (χ0n) is 11.2. The second-order valence-corrected chi connectivity index (χ2v) is 6.93. The zero-order chi connectivity index (χ0) is 13.9. The molecule has 1 aliphatic carbocycles. The van der Waals surface area contributed by atoms with E-state index in [4.69, 9.17) is 5.73 Å². The third-order valence-corrected chi connectivity index (χ3v) is 5.77. The van der Waals surface area contributed by atoms with Gasteiger partial charge in [0.2, 0.25) is 10.0 Å². The Morgan fingerprint density at radius 1 is 1.37 bits per heavy atom. The first-order valence-electron chi connectivity index (χ1n) is 6.69. The van der Waals surface area contributed by atoms with Gasteiger partial charge in [-0.25, -0.2) is 8.42 Å². The van der Waals surface area contributed by atoms with Crippen LogP contribution in [0.2, 0.25) is 0 Å². The van der Waals surface area contributed by atoms with Crippen molar-refractivity contribution in [2.75, 3.05) is 7.05 Å². The highest BCUT2D eigenvalue weighted by molar-refractivity contribution is 7.89. The fourth-order valence-corrected chi connectivity index (χ4v) is 4.21. The highest BCUT2D eigenvalue weighted by Crippen LogP contribution is 2.27. The Bertz CT molecular complexity index is 524. The highest BCUT2D eigenvalue weighted by atomic mass is 32.2. The summed E-state index contributed by atoms with van der Waals surface area (Å²) in [5, 5.41) is 0. The van der Waals surface area contributed by atoms with E-state index in [0.29, 0.717) is 5.69 Å². The molecule has 0 amide bonds. The number of sulfonamides is 1. The zero-order valence-corrected chi connectivity index (χ0v) is 12.1. The molecular formula is C13H21N3O2S. The van der Waals surface area contributed by atoms with E-state index in [2.05, 4.69) is 4.98 Å². The van der Waals surface area contributed by atoms with Crippen molar-refractivity contribution in [1.82, 2.24) is 9.29 Å². The van der Waals surface area contributed by atoms with Crippen LogP contribution in [0.1, 0.15) is 37.8 Å². The molecule has 2 N–H and O–H groups in total. The van der Waals surface area contributed by atoms with E-state index in [1.54, 1.807) is 25.4 Å². The minimum atomic E-state index is -3.49. The summed E-state index contributed by atoms with van der Waals surface area (Å²) in [5.41, 5.74) is 6.02. The summed E-state index contributed by atoms with van der Waals surface area (Å²) in [5.74, 6) is 0. The van der Waals surface area contributed by atoms with Crippen molar-refractivity contribution >= 4 is 10.0 Å². The number of hydrogen-bond acceptors (Lipinski definition) is 4. The fraction of sp³-hybridized carbons (Fsp3) is 0.615. The SMILES string of the molecule is CN(C1CCCCC1)S(=O)(=O)c1cccnc1CN. The monoisotopic (exact) mass is 283 g/mol. The predicted octanol–water partition coefficient (Wildman–Crippen LogP) is 1.49. The second kappa shape index (κ2) is 5.98. The summed E-state index contributed by atoms with van der Waals surface area (Å²) in [4.78, 5) is 4.30. The lowest BCUT2D eigenvalue weighted by Crippen LogP contribution is -2.38. The molecule has 1 aliphatic rings. The summed E-state index contributed by atoms with van der Waals surface area (Å²) in [7, 11) is -1.83.